The largest absolute Gasteiger partial charge is 0.598 e. The quantitative estimate of drug-likeness (QED) is 0.475. The van der Waals surface area contributed by atoms with Gasteiger partial charge < -0.3 is 14.6 Å². The van der Waals surface area contributed by atoms with Crippen LogP contribution in [0.3, 0.4) is 0 Å². The van der Waals surface area contributed by atoms with Crippen LogP contribution in [0.2, 0.25) is 10.0 Å². The van der Waals surface area contributed by atoms with Gasteiger partial charge in [0.1, 0.15) is 17.1 Å². The molecule has 4 nitrogen and oxygen atoms in total. The zero-order chi connectivity index (χ0) is 20.2. The molecule has 0 aliphatic carbocycles. The Labute approximate surface area is 176 Å². The summed E-state index contributed by atoms with van der Waals surface area (Å²) in [5.41, 5.74) is 0.891. The number of hydrogen-bond donors (Lipinski definition) is 2. The van der Waals surface area contributed by atoms with E-state index in [1.807, 2.05) is 26.8 Å². The summed E-state index contributed by atoms with van der Waals surface area (Å²) in [5, 5.41) is 4.33. The number of rotatable bonds is 7. The first kappa shape index (κ1) is 22.9. The molecule has 0 radical (unpaired) electrons. The molecule has 0 unspecified atom stereocenters. The van der Waals surface area contributed by atoms with Gasteiger partial charge in [0.15, 0.2) is 0 Å². The Bertz CT molecular complexity index is 652. The van der Waals surface area contributed by atoms with Crippen molar-refractivity contribution >= 4 is 34.6 Å². The monoisotopic (exact) mass is 432 g/mol. The van der Waals surface area contributed by atoms with Crippen molar-refractivity contribution in [2.24, 2.45) is 11.8 Å². The average molecular weight is 433 g/mol. The van der Waals surface area contributed by atoms with Crippen LogP contribution in [0.25, 0.3) is 0 Å². The molecule has 1 heterocycles. The minimum absolute atomic E-state index is 0.156. The Hall–Kier alpha value is -0.430. The Morgan fingerprint density at radius 1 is 1.41 bits per heavy atom. The van der Waals surface area contributed by atoms with E-state index in [1.165, 1.54) is 0 Å². The van der Waals surface area contributed by atoms with Crippen LogP contribution < -0.4 is 14.8 Å². The SMILES string of the molecule is C=CCOc1cc(Cl)c(Cl)cc1[C@H](N[S@@+]([O-])C(C)(C)C)[C@H]1CCNC[C@H]1C. The highest BCUT2D eigenvalue weighted by atomic mass is 35.5. The summed E-state index contributed by atoms with van der Waals surface area (Å²) in [6.45, 7) is 14.0. The summed E-state index contributed by atoms with van der Waals surface area (Å²) in [6.07, 6.45) is 2.66. The fourth-order valence-corrected chi connectivity index (χ4v) is 4.48. The van der Waals surface area contributed by atoms with Gasteiger partial charge in [0.2, 0.25) is 0 Å². The molecule has 0 bridgehead atoms. The second-order valence-corrected chi connectivity index (χ2v) is 10.8. The molecule has 0 amide bonds. The molecule has 0 saturated carbocycles. The van der Waals surface area contributed by atoms with Crippen LogP contribution >= 0.6 is 23.2 Å². The van der Waals surface area contributed by atoms with Crippen molar-refractivity contribution in [3.63, 3.8) is 0 Å². The highest BCUT2D eigenvalue weighted by molar-refractivity contribution is 7.90. The van der Waals surface area contributed by atoms with E-state index < -0.39 is 11.4 Å². The van der Waals surface area contributed by atoms with E-state index in [4.69, 9.17) is 27.9 Å². The van der Waals surface area contributed by atoms with Crippen LogP contribution in [0.5, 0.6) is 5.75 Å². The predicted molar refractivity (Wildman–Crippen MR) is 116 cm³/mol. The number of piperidine rings is 1. The van der Waals surface area contributed by atoms with Gasteiger partial charge in [-0.1, -0.05) is 42.8 Å². The minimum Gasteiger partial charge on any atom is -0.598 e. The van der Waals surface area contributed by atoms with E-state index in [0.717, 1.165) is 25.1 Å². The molecule has 27 heavy (non-hydrogen) atoms. The third kappa shape index (κ3) is 6.02. The van der Waals surface area contributed by atoms with Crippen molar-refractivity contribution in [2.75, 3.05) is 19.7 Å². The maximum atomic E-state index is 12.9. The van der Waals surface area contributed by atoms with Gasteiger partial charge in [-0.05, 0) is 58.2 Å². The topological polar surface area (TPSA) is 56.3 Å². The molecule has 1 aromatic rings. The molecule has 2 N–H and O–H groups in total. The average Bonchev–Trinajstić information content (AvgIpc) is 2.60. The lowest BCUT2D eigenvalue weighted by Crippen LogP contribution is -2.47. The Morgan fingerprint density at radius 3 is 2.67 bits per heavy atom. The van der Waals surface area contributed by atoms with Crippen LogP contribution in [0.15, 0.2) is 24.8 Å². The lowest BCUT2D eigenvalue weighted by Gasteiger charge is -2.38. The van der Waals surface area contributed by atoms with Crippen molar-refractivity contribution in [1.82, 2.24) is 10.0 Å². The van der Waals surface area contributed by atoms with Crippen LogP contribution in [-0.4, -0.2) is 29.0 Å². The van der Waals surface area contributed by atoms with Gasteiger partial charge in [0.05, 0.1) is 16.1 Å². The van der Waals surface area contributed by atoms with E-state index in [-0.39, 0.29) is 10.8 Å². The Balaban J connectivity index is 2.48. The molecule has 4 atom stereocenters. The van der Waals surface area contributed by atoms with Gasteiger partial charge in [0.25, 0.3) is 0 Å². The first-order chi connectivity index (χ1) is 12.6. The summed E-state index contributed by atoms with van der Waals surface area (Å²) in [5.74, 6) is 1.36. The van der Waals surface area contributed by atoms with Crippen molar-refractivity contribution in [3.8, 4) is 5.75 Å². The number of nitrogens with one attached hydrogen (secondary N) is 2. The smallest absolute Gasteiger partial charge is 0.136 e. The van der Waals surface area contributed by atoms with E-state index in [1.54, 1.807) is 12.1 Å². The van der Waals surface area contributed by atoms with Crippen LogP contribution in [0.1, 0.15) is 45.7 Å². The normalized spacial score (nSPS) is 22.9. The van der Waals surface area contributed by atoms with E-state index in [9.17, 15) is 4.55 Å². The molecule has 0 spiro atoms. The summed E-state index contributed by atoms with van der Waals surface area (Å²) in [6, 6.07) is 3.43. The van der Waals surface area contributed by atoms with Gasteiger partial charge in [0, 0.05) is 23.0 Å². The standard InChI is InChI=1S/C20H30Cl2N2O2S/c1-6-9-26-18-11-17(22)16(21)10-15(18)19(24-27(25)20(3,4)5)14-7-8-23-12-13(14)2/h6,10-11,13-14,19,23-24H,1,7-9,12H2,2-5H3/t13-,14+,19-,27+/m1/s1. The second kappa shape index (κ2) is 9.86. The second-order valence-electron chi connectivity index (χ2n) is 8.01. The first-order valence-corrected chi connectivity index (χ1v) is 11.2. The minimum atomic E-state index is -1.23. The van der Waals surface area contributed by atoms with Gasteiger partial charge in [-0.2, -0.15) is 0 Å². The zero-order valence-electron chi connectivity index (χ0n) is 16.5. The summed E-state index contributed by atoms with van der Waals surface area (Å²) in [7, 11) is 0. The van der Waals surface area contributed by atoms with Crippen molar-refractivity contribution in [2.45, 2.75) is 44.9 Å². The number of ether oxygens (including phenoxy) is 1. The number of benzene rings is 1. The Kier molecular flexibility index (Phi) is 8.34. The highest BCUT2D eigenvalue weighted by Gasteiger charge is 2.38. The molecule has 1 aliphatic heterocycles. The maximum Gasteiger partial charge on any atom is 0.136 e. The fraction of sp³-hybridized carbons (Fsp3) is 0.600. The summed E-state index contributed by atoms with van der Waals surface area (Å²) >= 11 is 11.3. The lowest BCUT2D eigenvalue weighted by atomic mass is 9.79. The molecule has 0 aromatic heterocycles. The van der Waals surface area contributed by atoms with E-state index >= 15 is 0 Å². The molecule has 7 heteroatoms. The molecule has 2 rings (SSSR count). The fourth-order valence-electron chi connectivity index (χ4n) is 3.26. The van der Waals surface area contributed by atoms with Gasteiger partial charge in [-0.25, -0.2) is 0 Å². The van der Waals surface area contributed by atoms with Crippen LogP contribution in [-0.2, 0) is 11.4 Å². The van der Waals surface area contributed by atoms with E-state index in [0.29, 0.717) is 34.2 Å². The molecule has 1 aromatic carbocycles. The summed E-state index contributed by atoms with van der Waals surface area (Å²) in [4.78, 5) is 0. The highest BCUT2D eigenvalue weighted by Crippen LogP contribution is 2.41. The van der Waals surface area contributed by atoms with Crippen LogP contribution in [0.4, 0.5) is 0 Å². The van der Waals surface area contributed by atoms with Crippen molar-refractivity contribution < 1.29 is 9.29 Å². The lowest BCUT2D eigenvalue weighted by molar-refractivity contribution is 0.219. The van der Waals surface area contributed by atoms with Crippen LogP contribution in [0, 0.1) is 11.8 Å². The van der Waals surface area contributed by atoms with Crippen molar-refractivity contribution in [1.29, 1.82) is 0 Å². The third-order valence-corrected chi connectivity index (χ3v) is 7.12. The predicted octanol–water partition coefficient (Wildman–Crippen LogP) is 4.90. The maximum absolute atomic E-state index is 12.9. The molecule has 1 saturated heterocycles. The molecular formula is C20H30Cl2N2O2S. The van der Waals surface area contributed by atoms with E-state index in [2.05, 4.69) is 23.5 Å². The number of halogens is 2. The molecule has 152 valence electrons. The Morgan fingerprint density at radius 2 is 2.07 bits per heavy atom. The molecule has 1 aliphatic rings. The summed E-state index contributed by atoms with van der Waals surface area (Å²) < 4.78 is 21.8. The third-order valence-electron chi connectivity index (χ3n) is 4.81. The molecule has 1 fully saturated rings. The zero-order valence-corrected chi connectivity index (χ0v) is 18.8. The molecular weight excluding hydrogens is 403 g/mol. The first-order valence-electron chi connectivity index (χ1n) is 9.26. The van der Waals surface area contributed by atoms with Gasteiger partial charge in [-0.15, -0.1) is 4.72 Å². The number of hydrogen-bond acceptors (Lipinski definition) is 4. The van der Waals surface area contributed by atoms with Crippen molar-refractivity contribution in [3.05, 3.63) is 40.4 Å². The van der Waals surface area contributed by atoms with Gasteiger partial charge in [-0.3, -0.25) is 0 Å². The van der Waals surface area contributed by atoms with Gasteiger partial charge >= 0.3 is 0 Å².